The Bertz CT molecular complexity index is 2640. The molecular formula is C42H47N7O9S2Si. The lowest BCUT2D eigenvalue weighted by Crippen LogP contribution is -2.32. The summed E-state index contributed by atoms with van der Waals surface area (Å²) in [5.74, 6) is 1.35. The maximum Gasteiger partial charge on any atom is 0.410 e. The van der Waals surface area contributed by atoms with Gasteiger partial charge in [0, 0.05) is 32.9 Å². The van der Waals surface area contributed by atoms with Gasteiger partial charge in [-0.1, -0.05) is 62.1 Å². The standard InChI is InChI=1S/C42H47N7O9S2Si/c1-56-33-14-7-29(8-15-33)26-48(27-30-9-16-34(57-2)17-10-30)60(54,55)40-37(59(52,53)23-24-61(4,5)6)21-20-36(32-13-22-38(43-25-32)44-42(50)51)39(40)41-45-47-49(46-41)28-31-11-18-35(58-3)19-12-31/h7-22,25H,23-24,26-28H2,1-6H3,(H,43,44)(H,50,51). The van der Waals surface area contributed by atoms with Gasteiger partial charge in [0.25, 0.3) is 0 Å². The van der Waals surface area contributed by atoms with Gasteiger partial charge < -0.3 is 19.3 Å². The minimum atomic E-state index is -4.83. The molecular weight excluding hydrogens is 839 g/mol. The molecule has 2 aromatic heterocycles. The van der Waals surface area contributed by atoms with Crippen LogP contribution in [0.25, 0.3) is 22.5 Å². The van der Waals surface area contributed by atoms with Crippen molar-refractivity contribution in [3.63, 3.8) is 0 Å². The van der Waals surface area contributed by atoms with Gasteiger partial charge in [0.15, 0.2) is 9.84 Å². The van der Waals surface area contributed by atoms with E-state index in [9.17, 15) is 18.3 Å². The van der Waals surface area contributed by atoms with E-state index >= 15 is 8.42 Å². The summed E-state index contributed by atoms with van der Waals surface area (Å²) < 4.78 is 78.2. The number of carboxylic acid groups (broad SMARTS) is 1. The van der Waals surface area contributed by atoms with Crippen molar-refractivity contribution in [1.29, 1.82) is 0 Å². The molecule has 0 saturated heterocycles. The summed E-state index contributed by atoms with van der Waals surface area (Å²) in [6.45, 7) is 5.94. The van der Waals surface area contributed by atoms with E-state index in [-0.39, 0.29) is 48.2 Å². The maximum absolute atomic E-state index is 15.8. The zero-order chi connectivity index (χ0) is 44.0. The molecule has 0 aliphatic rings. The number of ether oxygens (including phenoxy) is 3. The third-order valence-electron chi connectivity index (χ3n) is 9.68. The van der Waals surface area contributed by atoms with E-state index in [4.69, 9.17) is 14.2 Å². The van der Waals surface area contributed by atoms with Crippen molar-refractivity contribution in [2.45, 2.75) is 55.1 Å². The molecule has 0 aliphatic heterocycles. The lowest BCUT2D eigenvalue weighted by Gasteiger charge is -2.26. The topological polar surface area (TPSA) is 205 Å². The number of pyridine rings is 1. The summed E-state index contributed by atoms with van der Waals surface area (Å²) in [5.41, 5.74) is 2.43. The molecule has 2 heterocycles. The number of hydrogen-bond acceptors (Lipinski definition) is 12. The first-order chi connectivity index (χ1) is 29.0. The number of benzene rings is 4. The highest BCUT2D eigenvalue weighted by Crippen LogP contribution is 2.42. The molecule has 6 aromatic rings. The van der Waals surface area contributed by atoms with Crippen LogP contribution in [0.3, 0.4) is 0 Å². The van der Waals surface area contributed by atoms with Gasteiger partial charge in [-0.15, -0.1) is 10.2 Å². The second-order valence-electron chi connectivity index (χ2n) is 15.3. The summed E-state index contributed by atoms with van der Waals surface area (Å²) >= 11 is 0. The third kappa shape index (κ3) is 11.0. The summed E-state index contributed by atoms with van der Waals surface area (Å²) in [4.78, 5) is 16.0. The molecule has 0 aliphatic carbocycles. The van der Waals surface area contributed by atoms with Gasteiger partial charge in [-0.3, -0.25) is 5.32 Å². The number of sulfone groups is 1. The number of aromatic nitrogens is 5. The van der Waals surface area contributed by atoms with Crippen LogP contribution in [-0.2, 0) is 39.5 Å². The van der Waals surface area contributed by atoms with Gasteiger partial charge in [-0.2, -0.15) is 9.10 Å². The van der Waals surface area contributed by atoms with E-state index in [1.54, 1.807) is 73.8 Å². The zero-order valence-electron chi connectivity index (χ0n) is 34.6. The van der Waals surface area contributed by atoms with Crippen molar-refractivity contribution in [2.75, 3.05) is 32.4 Å². The Labute approximate surface area is 356 Å². The van der Waals surface area contributed by atoms with Gasteiger partial charge >= 0.3 is 6.09 Å². The number of nitrogens with zero attached hydrogens (tertiary/aromatic N) is 6. The normalized spacial score (nSPS) is 12.0. The number of amides is 1. The zero-order valence-corrected chi connectivity index (χ0v) is 37.2. The molecule has 0 saturated carbocycles. The monoisotopic (exact) mass is 885 g/mol. The van der Waals surface area contributed by atoms with Crippen LogP contribution in [-0.4, -0.2) is 92.7 Å². The number of methoxy groups -OCH3 is 3. The number of hydrogen-bond donors (Lipinski definition) is 2. The van der Waals surface area contributed by atoms with Crippen molar-refractivity contribution in [3.8, 4) is 39.8 Å². The fourth-order valence-electron chi connectivity index (χ4n) is 6.34. The Morgan fingerprint density at radius 3 is 1.77 bits per heavy atom. The van der Waals surface area contributed by atoms with E-state index < -0.39 is 43.8 Å². The van der Waals surface area contributed by atoms with E-state index in [1.807, 2.05) is 31.8 Å². The average Bonchev–Trinajstić information content (AvgIpc) is 3.71. The van der Waals surface area contributed by atoms with Crippen LogP contribution in [0.5, 0.6) is 17.2 Å². The predicted molar refractivity (Wildman–Crippen MR) is 233 cm³/mol. The summed E-state index contributed by atoms with van der Waals surface area (Å²) in [5, 5.41) is 24.8. The molecule has 0 spiro atoms. The Kier molecular flexibility index (Phi) is 13.6. The van der Waals surface area contributed by atoms with E-state index in [2.05, 4.69) is 25.7 Å². The molecule has 0 fully saturated rings. The fraction of sp³-hybridized carbons (Fsp3) is 0.262. The van der Waals surface area contributed by atoms with Gasteiger partial charge in [0.2, 0.25) is 15.8 Å². The van der Waals surface area contributed by atoms with Crippen molar-refractivity contribution in [1.82, 2.24) is 29.5 Å². The lowest BCUT2D eigenvalue weighted by molar-refractivity contribution is 0.209. The van der Waals surface area contributed by atoms with Crippen molar-refractivity contribution in [2.24, 2.45) is 0 Å². The van der Waals surface area contributed by atoms with E-state index in [0.717, 1.165) is 5.56 Å². The minimum absolute atomic E-state index is 0.0184. The Hall–Kier alpha value is -6.15. The van der Waals surface area contributed by atoms with Crippen LogP contribution in [0.4, 0.5) is 10.6 Å². The van der Waals surface area contributed by atoms with Gasteiger partial charge in [-0.05, 0) is 88.1 Å². The van der Waals surface area contributed by atoms with Crippen LogP contribution in [0.1, 0.15) is 16.7 Å². The number of sulfonamides is 1. The molecule has 0 bridgehead atoms. The quantitative estimate of drug-likeness (QED) is 0.0830. The largest absolute Gasteiger partial charge is 0.497 e. The molecule has 1 amide bonds. The van der Waals surface area contributed by atoms with Crippen molar-refractivity contribution in [3.05, 3.63) is 120 Å². The Balaban J connectivity index is 1.62. The summed E-state index contributed by atoms with van der Waals surface area (Å²) in [6, 6.07) is 27.1. The van der Waals surface area contributed by atoms with E-state index in [0.29, 0.717) is 40.0 Å². The van der Waals surface area contributed by atoms with Gasteiger partial charge in [-0.25, -0.2) is 26.6 Å². The number of rotatable bonds is 18. The van der Waals surface area contributed by atoms with Crippen LogP contribution >= 0.6 is 0 Å². The number of carbonyl (C=O) groups is 1. The molecule has 320 valence electrons. The molecule has 2 N–H and O–H groups in total. The second-order valence-corrected chi connectivity index (χ2v) is 24.8. The predicted octanol–water partition coefficient (Wildman–Crippen LogP) is 7.07. The average molecular weight is 886 g/mol. The van der Waals surface area contributed by atoms with Crippen LogP contribution in [0.15, 0.2) is 113 Å². The first-order valence-corrected chi connectivity index (χ1v) is 25.8. The molecule has 19 heteroatoms. The SMILES string of the molecule is COc1ccc(CN(Cc2ccc(OC)cc2)S(=O)(=O)c2c(S(=O)(=O)CC[Si](C)(C)C)ccc(-c3ccc(NC(=O)O)nc3)c2-c2nnn(Cc3ccc(OC)cc3)n2)cc1. The third-order valence-corrected chi connectivity index (χ3v) is 15.6. The van der Waals surface area contributed by atoms with Gasteiger partial charge in [0.1, 0.15) is 28.0 Å². The molecule has 6 rings (SSSR count). The molecule has 0 unspecified atom stereocenters. The van der Waals surface area contributed by atoms with E-state index in [1.165, 1.54) is 47.7 Å². The van der Waals surface area contributed by atoms with Crippen LogP contribution < -0.4 is 19.5 Å². The Morgan fingerprint density at radius 1 is 0.754 bits per heavy atom. The van der Waals surface area contributed by atoms with Crippen molar-refractivity contribution < 1.29 is 40.9 Å². The molecule has 0 radical (unpaired) electrons. The summed E-state index contributed by atoms with van der Waals surface area (Å²) in [6.07, 6.45) is 0.0300. The first kappa shape index (κ1) is 44.4. The van der Waals surface area contributed by atoms with Gasteiger partial charge in [0.05, 0.1) is 44.1 Å². The fourth-order valence-corrected chi connectivity index (χ4v) is 13.1. The smallest absolute Gasteiger partial charge is 0.410 e. The maximum atomic E-state index is 15.8. The highest BCUT2D eigenvalue weighted by Gasteiger charge is 2.38. The number of tetrazole rings is 1. The molecule has 0 atom stereocenters. The molecule has 4 aromatic carbocycles. The number of nitrogens with one attached hydrogen (secondary N) is 1. The first-order valence-electron chi connectivity index (χ1n) is 19.0. The highest BCUT2D eigenvalue weighted by atomic mass is 32.2. The summed E-state index contributed by atoms with van der Waals surface area (Å²) in [7, 11) is -6.46. The molecule has 16 nitrogen and oxygen atoms in total. The van der Waals surface area contributed by atoms with Crippen molar-refractivity contribution >= 4 is 39.8 Å². The lowest BCUT2D eigenvalue weighted by atomic mass is 10.0. The number of anilines is 1. The minimum Gasteiger partial charge on any atom is -0.497 e. The second kappa shape index (κ2) is 18.6. The van der Waals surface area contributed by atoms with Crippen LogP contribution in [0.2, 0.25) is 25.7 Å². The van der Waals surface area contributed by atoms with Crippen LogP contribution in [0, 0.1) is 0 Å². The Morgan fingerprint density at radius 2 is 1.30 bits per heavy atom. The molecule has 61 heavy (non-hydrogen) atoms. The highest BCUT2D eigenvalue weighted by molar-refractivity contribution is 7.93.